The first-order valence-electron chi connectivity index (χ1n) is 7.74. The SMILES string of the molecule is COc1ccccc1CC(CNC(=O)c1cc(C(C)=O)c[nH]1)C(=O)O. The summed E-state index contributed by atoms with van der Waals surface area (Å²) >= 11 is 0. The van der Waals surface area contributed by atoms with Gasteiger partial charge in [0, 0.05) is 18.3 Å². The molecule has 25 heavy (non-hydrogen) atoms. The lowest BCUT2D eigenvalue weighted by Crippen LogP contribution is -2.34. The van der Waals surface area contributed by atoms with E-state index in [1.165, 1.54) is 26.3 Å². The van der Waals surface area contributed by atoms with Gasteiger partial charge in [0.05, 0.1) is 13.0 Å². The molecule has 1 unspecified atom stereocenters. The van der Waals surface area contributed by atoms with Crippen molar-refractivity contribution in [3.8, 4) is 5.75 Å². The number of H-pyrrole nitrogens is 1. The molecule has 7 heteroatoms. The van der Waals surface area contributed by atoms with Gasteiger partial charge in [-0.3, -0.25) is 14.4 Å². The van der Waals surface area contributed by atoms with Crippen molar-refractivity contribution in [2.75, 3.05) is 13.7 Å². The number of hydrogen-bond acceptors (Lipinski definition) is 4. The highest BCUT2D eigenvalue weighted by molar-refractivity contribution is 5.99. The Kier molecular flexibility index (Phi) is 5.94. The van der Waals surface area contributed by atoms with Crippen LogP contribution in [0.1, 0.15) is 33.3 Å². The second-order valence-corrected chi connectivity index (χ2v) is 5.62. The number of aliphatic carboxylic acids is 1. The molecular weight excluding hydrogens is 324 g/mol. The molecule has 0 aliphatic carbocycles. The number of carboxylic acid groups (broad SMARTS) is 1. The summed E-state index contributed by atoms with van der Waals surface area (Å²) in [6, 6.07) is 8.60. The van der Waals surface area contributed by atoms with Crippen LogP contribution in [0.4, 0.5) is 0 Å². The number of rotatable bonds is 8. The Labute approximate surface area is 145 Å². The van der Waals surface area contributed by atoms with Crippen LogP contribution in [0.25, 0.3) is 0 Å². The van der Waals surface area contributed by atoms with E-state index < -0.39 is 17.8 Å². The minimum absolute atomic E-state index is 0.0410. The number of nitrogens with one attached hydrogen (secondary N) is 2. The van der Waals surface area contributed by atoms with E-state index in [0.29, 0.717) is 11.3 Å². The van der Waals surface area contributed by atoms with Crippen LogP contribution in [0.5, 0.6) is 5.75 Å². The van der Waals surface area contributed by atoms with Gasteiger partial charge in [0.1, 0.15) is 11.4 Å². The molecule has 0 radical (unpaired) electrons. The second-order valence-electron chi connectivity index (χ2n) is 5.62. The van der Waals surface area contributed by atoms with Gasteiger partial charge in [-0.2, -0.15) is 0 Å². The molecule has 0 saturated carbocycles. The molecule has 3 N–H and O–H groups in total. The van der Waals surface area contributed by atoms with Crippen LogP contribution in [0.15, 0.2) is 36.5 Å². The van der Waals surface area contributed by atoms with Crippen LogP contribution in [0.2, 0.25) is 0 Å². The normalized spacial score (nSPS) is 11.6. The number of aromatic amines is 1. The number of aromatic nitrogens is 1. The summed E-state index contributed by atoms with van der Waals surface area (Å²) in [4.78, 5) is 37.6. The lowest BCUT2D eigenvalue weighted by atomic mass is 9.98. The van der Waals surface area contributed by atoms with Gasteiger partial charge in [-0.1, -0.05) is 18.2 Å². The summed E-state index contributed by atoms with van der Waals surface area (Å²) in [5, 5.41) is 12.0. The molecular formula is C18H20N2O5. The van der Waals surface area contributed by atoms with Crippen LogP contribution in [-0.2, 0) is 11.2 Å². The Morgan fingerprint density at radius 3 is 2.60 bits per heavy atom. The van der Waals surface area contributed by atoms with Gasteiger partial charge in [0.25, 0.3) is 5.91 Å². The average molecular weight is 344 g/mol. The van der Waals surface area contributed by atoms with Gasteiger partial charge in [0.2, 0.25) is 0 Å². The number of Topliss-reactive ketones (excluding diaryl/α,β-unsaturated/α-hetero) is 1. The number of benzene rings is 1. The van der Waals surface area contributed by atoms with Crippen LogP contribution in [0, 0.1) is 5.92 Å². The van der Waals surface area contributed by atoms with Gasteiger partial charge >= 0.3 is 5.97 Å². The standard InChI is InChI=1S/C18H20N2O5/c1-11(21)13-8-15(19-9-13)17(22)20-10-14(18(23)24)7-12-5-3-4-6-16(12)25-2/h3-6,8-9,14,19H,7,10H2,1-2H3,(H,20,22)(H,23,24). The smallest absolute Gasteiger partial charge is 0.308 e. The molecule has 7 nitrogen and oxygen atoms in total. The summed E-state index contributed by atoms with van der Waals surface area (Å²) in [7, 11) is 1.52. The Hall–Kier alpha value is -3.09. The largest absolute Gasteiger partial charge is 0.496 e. The zero-order valence-electron chi connectivity index (χ0n) is 14.0. The Balaban J connectivity index is 2.02. The number of ketones is 1. The molecule has 0 spiro atoms. The molecule has 132 valence electrons. The van der Waals surface area contributed by atoms with Crippen LogP contribution < -0.4 is 10.1 Å². The maximum absolute atomic E-state index is 12.1. The van der Waals surface area contributed by atoms with Crippen LogP contribution in [-0.4, -0.2) is 41.4 Å². The third-order valence-corrected chi connectivity index (χ3v) is 3.85. The number of hydrogen-bond donors (Lipinski definition) is 3. The summed E-state index contributed by atoms with van der Waals surface area (Å²) in [6.45, 7) is 1.36. The van der Waals surface area contributed by atoms with Crippen LogP contribution >= 0.6 is 0 Å². The molecule has 2 aromatic rings. The van der Waals surface area contributed by atoms with E-state index in [1.54, 1.807) is 24.3 Å². The molecule has 0 fully saturated rings. The summed E-state index contributed by atoms with van der Waals surface area (Å²) < 4.78 is 5.23. The third-order valence-electron chi connectivity index (χ3n) is 3.85. The predicted octanol–water partition coefficient (Wildman–Crippen LogP) is 1.90. The van der Waals surface area contributed by atoms with E-state index in [2.05, 4.69) is 10.3 Å². The molecule has 1 aromatic carbocycles. The van der Waals surface area contributed by atoms with Crippen molar-refractivity contribution in [3.63, 3.8) is 0 Å². The maximum Gasteiger partial charge on any atom is 0.308 e. The molecule has 1 aromatic heterocycles. The molecule has 0 aliphatic rings. The highest BCUT2D eigenvalue weighted by Crippen LogP contribution is 2.21. The Morgan fingerprint density at radius 1 is 1.28 bits per heavy atom. The van der Waals surface area contributed by atoms with Crippen molar-refractivity contribution < 1.29 is 24.2 Å². The first kappa shape index (κ1) is 18.3. The summed E-state index contributed by atoms with van der Waals surface area (Å²) in [5.41, 5.74) is 1.37. The van der Waals surface area contributed by atoms with Crippen molar-refractivity contribution in [1.82, 2.24) is 10.3 Å². The van der Waals surface area contributed by atoms with Gasteiger partial charge in [-0.05, 0) is 31.0 Å². The molecule has 0 bridgehead atoms. The van der Waals surface area contributed by atoms with E-state index in [4.69, 9.17) is 4.74 Å². The first-order valence-corrected chi connectivity index (χ1v) is 7.74. The van der Waals surface area contributed by atoms with E-state index in [1.807, 2.05) is 0 Å². The molecule has 2 rings (SSSR count). The molecule has 1 heterocycles. The highest BCUT2D eigenvalue weighted by atomic mass is 16.5. The van der Waals surface area contributed by atoms with E-state index >= 15 is 0 Å². The minimum Gasteiger partial charge on any atom is -0.496 e. The van der Waals surface area contributed by atoms with E-state index in [0.717, 1.165) is 5.56 Å². The average Bonchev–Trinajstić information content (AvgIpc) is 3.08. The highest BCUT2D eigenvalue weighted by Gasteiger charge is 2.21. The number of ether oxygens (including phenoxy) is 1. The second kappa shape index (κ2) is 8.14. The van der Waals surface area contributed by atoms with Crippen molar-refractivity contribution in [3.05, 3.63) is 53.3 Å². The fraction of sp³-hybridized carbons (Fsp3) is 0.278. The van der Waals surface area contributed by atoms with Gasteiger partial charge in [0.15, 0.2) is 5.78 Å². The quantitative estimate of drug-likeness (QED) is 0.634. The van der Waals surface area contributed by atoms with Gasteiger partial charge < -0.3 is 20.1 Å². The number of para-hydroxylation sites is 1. The topological polar surface area (TPSA) is 108 Å². The Morgan fingerprint density at radius 2 is 2.00 bits per heavy atom. The van der Waals surface area contributed by atoms with Gasteiger partial charge in [-0.15, -0.1) is 0 Å². The fourth-order valence-corrected chi connectivity index (χ4v) is 2.42. The first-order chi connectivity index (χ1) is 11.9. The minimum atomic E-state index is -1.01. The van der Waals surface area contributed by atoms with Crippen molar-refractivity contribution in [2.45, 2.75) is 13.3 Å². The zero-order chi connectivity index (χ0) is 18.4. The third kappa shape index (κ3) is 4.69. The summed E-state index contributed by atoms with van der Waals surface area (Å²) in [5.74, 6) is -1.83. The number of carboxylic acids is 1. The van der Waals surface area contributed by atoms with Crippen LogP contribution in [0.3, 0.4) is 0 Å². The number of carbonyl (C=O) groups is 3. The van der Waals surface area contributed by atoms with E-state index in [9.17, 15) is 19.5 Å². The molecule has 1 amide bonds. The molecule has 0 aliphatic heterocycles. The predicted molar refractivity (Wildman–Crippen MR) is 91.0 cm³/mol. The lowest BCUT2D eigenvalue weighted by Gasteiger charge is -2.15. The summed E-state index contributed by atoms with van der Waals surface area (Å²) in [6.07, 6.45) is 1.67. The number of methoxy groups -OCH3 is 1. The van der Waals surface area contributed by atoms with E-state index in [-0.39, 0.29) is 24.4 Å². The number of amides is 1. The Bertz CT molecular complexity index is 781. The zero-order valence-corrected chi connectivity index (χ0v) is 14.0. The van der Waals surface area contributed by atoms with Crippen molar-refractivity contribution in [1.29, 1.82) is 0 Å². The monoisotopic (exact) mass is 344 g/mol. The molecule has 1 atom stereocenters. The maximum atomic E-state index is 12.1. The van der Waals surface area contributed by atoms with Crippen molar-refractivity contribution >= 4 is 17.7 Å². The lowest BCUT2D eigenvalue weighted by molar-refractivity contribution is -0.141. The van der Waals surface area contributed by atoms with Crippen molar-refractivity contribution in [2.24, 2.45) is 5.92 Å². The van der Waals surface area contributed by atoms with Gasteiger partial charge in [-0.25, -0.2) is 0 Å². The number of carbonyl (C=O) groups excluding carboxylic acids is 2. The molecule has 0 saturated heterocycles. The fourth-order valence-electron chi connectivity index (χ4n) is 2.42.